The Labute approximate surface area is 78.0 Å². The summed E-state index contributed by atoms with van der Waals surface area (Å²) >= 11 is 0. The van der Waals surface area contributed by atoms with Gasteiger partial charge in [0.25, 0.3) is 0 Å². The van der Waals surface area contributed by atoms with Crippen LogP contribution in [0.3, 0.4) is 0 Å². The van der Waals surface area contributed by atoms with Crippen LogP contribution in [0, 0.1) is 5.92 Å². The lowest BCUT2D eigenvalue weighted by Crippen LogP contribution is -2.34. The van der Waals surface area contributed by atoms with Gasteiger partial charge < -0.3 is 16.3 Å². The highest BCUT2D eigenvalue weighted by molar-refractivity contribution is 5.86. The van der Waals surface area contributed by atoms with Crippen molar-refractivity contribution >= 4 is 11.7 Å². The fraction of sp³-hybridized carbons (Fsp3) is 0.750. The summed E-state index contributed by atoms with van der Waals surface area (Å²) in [5, 5.41) is 13.5. The molecule has 0 heterocycles. The zero-order valence-electron chi connectivity index (χ0n) is 8.08. The van der Waals surface area contributed by atoms with Crippen LogP contribution in [-0.4, -0.2) is 23.5 Å². The lowest BCUT2D eigenvalue weighted by Gasteiger charge is -2.08. The third kappa shape index (κ3) is 5.95. The van der Waals surface area contributed by atoms with E-state index in [-0.39, 0.29) is 18.3 Å². The minimum absolute atomic E-state index is 0.0116. The first kappa shape index (κ1) is 11.7. The topological polar surface area (TPSA) is 87.7 Å². The Morgan fingerprint density at radius 1 is 1.69 bits per heavy atom. The number of oxime groups is 1. The molecule has 0 radical (unpaired) electrons. The molecule has 0 aliphatic rings. The second kappa shape index (κ2) is 6.28. The molecule has 0 spiro atoms. The summed E-state index contributed by atoms with van der Waals surface area (Å²) in [5.74, 6) is 0.311. The van der Waals surface area contributed by atoms with Crippen molar-refractivity contribution in [1.82, 2.24) is 5.32 Å². The highest BCUT2D eigenvalue weighted by Crippen LogP contribution is 2.04. The molecule has 0 aliphatic carbocycles. The number of amidine groups is 1. The van der Waals surface area contributed by atoms with Gasteiger partial charge in [-0.3, -0.25) is 4.79 Å². The normalized spacial score (nSPS) is 13.8. The number of amides is 1. The van der Waals surface area contributed by atoms with Crippen molar-refractivity contribution in [3.63, 3.8) is 0 Å². The van der Waals surface area contributed by atoms with Gasteiger partial charge >= 0.3 is 0 Å². The van der Waals surface area contributed by atoms with E-state index < -0.39 is 0 Å². The van der Waals surface area contributed by atoms with Crippen molar-refractivity contribution in [2.24, 2.45) is 16.8 Å². The van der Waals surface area contributed by atoms with Crippen LogP contribution >= 0.6 is 0 Å². The van der Waals surface area contributed by atoms with Crippen molar-refractivity contribution in [2.75, 3.05) is 6.54 Å². The first-order valence-corrected chi connectivity index (χ1v) is 4.33. The number of rotatable bonds is 5. The Bertz CT molecular complexity index is 192. The molecule has 0 bridgehead atoms. The SMILES string of the molecule is CCC(C)CC(=O)NCC(N)=NO. The molecule has 1 unspecified atom stereocenters. The van der Waals surface area contributed by atoms with Crippen molar-refractivity contribution in [1.29, 1.82) is 0 Å². The first-order valence-electron chi connectivity index (χ1n) is 4.33. The Morgan fingerprint density at radius 2 is 2.31 bits per heavy atom. The first-order chi connectivity index (χ1) is 6.10. The maximum atomic E-state index is 11.1. The predicted octanol–water partition coefficient (Wildman–Crippen LogP) is 0.285. The molecule has 5 heteroatoms. The molecule has 0 fully saturated rings. The van der Waals surface area contributed by atoms with E-state index in [9.17, 15) is 4.79 Å². The smallest absolute Gasteiger partial charge is 0.220 e. The average molecular weight is 187 g/mol. The van der Waals surface area contributed by atoms with E-state index in [1.165, 1.54) is 0 Å². The number of nitrogens with two attached hydrogens (primary N) is 1. The van der Waals surface area contributed by atoms with Crippen LogP contribution in [0.15, 0.2) is 5.16 Å². The Balaban J connectivity index is 3.63. The summed E-state index contributed by atoms with van der Waals surface area (Å²) in [5.41, 5.74) is 5.17. The van der Waals surface area contributed by atoms with Gasteiger partial charge in [-0.05, 0) is 5.92 Å². The minimum atomic E-state index is -0.0686. The Morgan fingerprint density at radius 3 is 2.77 bits per heavy atom. The zero-order valence-corrected chi connectivity index (χ0v) is 8.08. The van der Waals surface area contributed by atoms with E-state index in [2.05, 4.69) is 10.5 Å². The second-order valence-corrected chi connectivity index (χ2v) is 3.09. The lowest BCUT2D eigenvalue weighted by atomic mass is 10.1. The summed E-state index contributed by atoms with van der Waals surface area (Å²) in [6, 6.07) is 0. The summed E-state index contributed by atoms with van der Waals surface area (Å²) in [6.07, 6.45) is 1.45. The van der Waals surface area contributed by atoms with E-state index in [0.29, 0.717) is 12.3 Å². The maximum Gasteiger partial charge on any atom is 0.220 e. The zero-order chi connectivity index (χ0) is 10.3. The van der Waals surface area contributed by atoms with Crippen molar-refractivity contribution in [2.45, 2.75) is 26.7 Å². The molecule has 4 N–H and O–H groups in total. The molecule has 1 atom stereocenters. The van der Waals surface area contributed by atoms with Crippen LogP contribution in [-0.2, 0) is 4.79 Å². The van der Waals surface area contributed by atoms with Crippen molar-refractivity contribution < 1.29 is 10.0 Å². The maximum absolute atomic E-state index is 11.1. The van der Waals surface area contributed by atoms with Crippen molar-refractivity contribution in [3.8, 4) is 0 Å². The molecular weight excluding hydrogens is 170 g/mol. The van der Waals surface area contributed by atoms with E-state index in [1.807, 2.05) is 13.8 Å². The highest BCUT2D eigenvalue weighted by atomic mass is 16.4. The number of carbonyl (C=O) groups is 1. The van der Waals surface area contributed by atoms with Gasteiger partial charge in [0.05, 0.1) is 6.54 Å². The molecule has 0 rings (SSSR count). The summed E-state index contributed by atoms with van der Waals surface area (Å²) in [7, 11) is 0. The van der Waals surface area contributed by atoms with E-state index >= 15 is 0 Å². The van der Waals surface area contributed by atoms with Gasteiger partial charge in [0.1, 0.15) is 0 Å². The molecule has 76 valence electrons. The van der Waals surface area contributed by atoms with Gasteiger partial charge in [-0.2, -0.15) is 0 Å². The third-order valence-electron chi connectivity index (χ3n) is 1.83. The quantitative estimate of drug-likeness (QED) is 0.250. The molecule has 0 aromatic heterocycles. The van der Waals surface area contributed by atoms with Crippen LogP contribution in [0.4, 0.5) is 0 Å². The predicted molar refractivity (Wildman–Crippen MR) is 50.5 cm³/mol. The van der Waals surface area contributed by atoms with E-state index in [1.54, 1.807) is 0 Å². The van der Waals surface area contributed by atoms with Crippen molar-refractivity contribution in [3.05, 3.63) is 0 Å². The van der Waals surface area contributed by atoms with Crippen LogP contribution in [0.1, 0.15) is 26.7 Å². The molecule has 0 saturated heterocycles. The standard InChI is InChI=1S/C8H17N3O2/c1-3-6(2)4-8(12)10-5-7(9)11-13/h6,13H,3-5H2,1-2H3,(H2,9,11)(H,10,12). The molecule has 1 amide bonds. The number of hydrogen-bond donors (Lipinski definition) is 3. The summed E-state index contributed by atoms with van der Waals surface area (Å²) < 4.78 is 0. The molecule has 5 nitrogen and oxygen atoms in total. The molecule has 0 aromatic rings. The van der Waals surface area contributed by atoms with Crippen LogP contribution in [0.5, 0.6) is 0 Å². The molecule has 0 aliphatic heterocycles. The van der Waals surface area contributed by atoms with Gasteiger partial charge in [-0.15, -0.1) is 0 Å². The third-order valence-corrected chi connectivity index (χ3v) is 1.83. The van der Waals surface area contributed by atoms with E-state index in [0.717, 1.165) is 6.42 Å². The van der Waals surface area contributed by atoms with Gasteiger partial charge in [-0.25, -0.2) is 0 Å². The molecule has 0 aromatic carbocycles. The summed E-state index contributed by atoms with van der Waals surface area (Å²) in [6.45, 7) is 4.14. The Hall–Kier alpha value is -1.26. The molecule has 0 saturated carbocycles. The van der Waals surface area contributed by atoms with Crippen LogP contribution in [0.25, 0.3) is 0 Å². The van der Waals surface area contributed by atoms with Gasteiger partial charge in [-0.1, -0.05) is 25.4 Å². The van der Waals surface area contributed by atoms with Gasteiger partial charge in [0.15, 0.2) is 5.84 Å². The fourth-order valence-electron chi connectivity index (χ4n) is 0.757. The fourth-order valence-corrected chi connectivity index (χ4v) is 0.757. The van der Waals surface area contributed by atoms with Gasteiger partial charge in [0.2, 0.25) is 5.91 Å². The molecule has 13 heavy (non-hydrogen) atoms. The largest absolute Gasteiger partial charge is 0.409 e. The molecular formula is C8H17N3O2. The average Bonchev–Trinajstić information content (AvgIpc) is 2.13. The van der Waals surface area contributed by atoms with Crippen LogP contribution in [0.2, 0.25) is 0 Å². The minimum Gasteiger partial charge on any atom is -0.409 e. The number of nitrogens with one attached hydrogen (secondary N) is 1. The number of hydrogen-bond acceptors (Lipinski definition) is 3. The second-order valence-electron chi connectivity index (χ2n) is 3.09. The number of carbonyl (C=O) groups excluding carboxylic acids is 1. The highest BCUT2D eigenvalue weighted by Gasteiger charge is 2.06. The van der Waals surface area contributed by atoms with E-state index in [4.69, 9.17) is 10.9 Å². The number of nitrogens with zero attached hydrogens (tertiary/aromatic N) is 1. The van der Waals surface area contributed by atoms with Gasteiger partial charge in [0, 0.05) is 6.42 Å². The lowest BCUT2D eigenvalue weighted by molar-refractivity contribution is -0.121. The monoisotopic (exact) mass is 187 g/mol. The Kier molecular flexibility index (Phi) is 5.67. The van der Waals surface area contributed by atoms with Crippen LogP contribution < -0.4 is 11.1 Å². The summed E-state index contributed by atoms with van der Waals surface area (Å²) in [4.78, 5) is 11.1.